The first-order chi connectivity index (χ1) is 8.99. The number of hydrogen-bond donors (Lipinski definition) is 1. The summed E-state index contributed by atoms with van der Waals surface area (Å²) in [7, 11) is 4.91. The first kappa shape index (κ1) is 13.5. The molecule has 0 saturated heterocycles. The molecule has 0 atom stereocenters. The SMILES string of the molecule is COc1c(Cl)cc(C)c(-c2cc(N)n(C)n2)c1OC. The highest BCUT2D eigenvalue weighted by molar-refractivity contribution is 6.32. The minimum absolute atomic E-state index is 0.494. The van der Waals surface area contributed by atoms with Gasteiger partial charge in [0.1, 0.15) is 5.82 Å². The maximum Gasteiger partial charge on any atom is 0.180 e. The molecule has 6 heteroatoms. The van der Waals surface area contributed by atoms with Crippen LogP contribution in [-0.2, 0) is 7.05 Å². The van der Waals surface area contributed by atoms with Gasteiger partial charge in [-0.3, -0.25) is 4.68 Å². The van der Waals surface area contributed by atoms with Crippen molar-refractivity contribution in [2.24, 2.45) is 7.05 Å². The quantitative estimate of drug-likeness (QED) is 0.939. The van der Waals surface area contributed by atoms with Crippen molar-refractivity contribution >= 4 is 17.4 Å². The lowest BCUT2D eigenvalue weighted by atomic mass is 10.0. The lowest BCUT2D eigenvalue weighted by Gasteiger charge is -2.15. The van der Waals surface area contributed by atoms with E-state index in [-0.39, 0.29) is 0 Å². The summed E-state index contributed by atoms with van der Waals surface area (Å²) in [6, 6.07) is 3.61. The maximum atomic E-state index is 6.15. The number of anilines is 1. The number of nitrogen functional groups attached to an aromatic ring is 1. The number of hydrogen-bond acceptors (Lipinski definition) is 4. The Morgan fingerprint density at radius 1 is 1.21 bits per heavy atom. The molecule has 5 nitrogen and oxygen atoms in total. The summed E-state index contributed by atoms with van der Waals surface area (Å²) in [4.78, 5) is 0. The zero-order valence-corrected chi connectivity index (χ0v) is 12.1. The molecule has 0 fully saturated rings. The van der Waals surface area contributed by atoms with E-state index >= 15 is 0 Å². The number of rotatable bonds is 3. The van der Waals surface area contributed by atoms with Crippen LogP contribution in [0.25, 0.3) is 11.3 Å². The van der Waals surface area contributed by atoms with Crippen molar-refractivity contribution in [3.05, 3.63) is 22.7 Å². The average Bonchev–Trinajstić information content (AvgIpc) is 2.68. The Balaban J connectivity index is 2.75. The van der Waals surface area contributed by atoms with E-state index in [4.69, 9.17) is 26.8 Å². The molecular weight excluding hydrogens is 266 g/mol. The number of halogens is 1. The minimum Gasteiger partial charge on any atom is -0.492 e. The van der Waals surface area contributed by atoms with Gasteiger partial charge in [-0.2, -0.15) is 5.10 Å². The van der Waals surface area contributed by atoms with Crippen LogP contribution in [0.3, 0.4) is 0 Å². The predicted octanol–water partition coefficient (Wildman–Crippen LogP) is 2.65. The summed E-state index contributed by atoms with van der Waals surface area (Å²) in [5, 5.41) is 4.87. The fraction of sp³-hybridized carbons (Fsp3) is 0.308. The van der Waals surface area contributed by atoms with Gasteiger partial charge in [-0.1, -0.05) is 11.6 Å². The molecule has 0 spiro atoms. The van der Waals surface area contributed by atoms with Gasteiger partial charge >= 0.3 is 0 Å². The van der Waals surface area contributed by atoms with Gasteiger partial charge in [0.25, 0.3) is 0 Å². The van der Waals surface area contributed by atoms with E-state index in [0.29, 0.717) is 22.3 Å². The first-order valence-corrected chi connectivity index (χ1v) is 6.08. The van der Waals surface area contributed by atoms with Gasteiger partial charge in [-0.05, 0) is 18.6 Å². The zero-order chi connectivity index (χ0) is 14.2. The number of methoxy groups -OCH3 is 2. The molecule has 2 N–H and O–H groups in total. The Labute approximate surface area is 116 Å². The van der Waals surface area contributed by atoms with Gasteiger partial charge in [0, 0.05) is 13.1 Å². The molecule has 0 saturated carbocycles. The molecule has 0 aliphatic heterocycles. The van der Waals surface area contributed by atoms with Crippen molar-refractivity contribution in [3.63, 3.8) is 0 Å². The Morgan fingerprint density at radius 2 is 1.84 bits per heavy atom. The van der Waals surface area contributed by atoms with E-state index in [1.165, 1.54) is 0 Å². The molecule has 102 valence electrons. The Hall–Kier alpha value is -1.88. The largest absolute Gasteiger partial charge is 0.492 e. The van der Waals surface area contributed by atoms with Gasteiger partial charge in [-0.25, -0.2) is 0 Å². The number of aromatic nitrogens is 2. The smallest absolute Gasteiger partial charge is 0.180 e. The van der Waals surface area contributed by atoms with Gasteiger partial charge in [0.2, 0.25) is 0 Å². The lowest BCUT2D eigenvalue weighted by molar-refractivity contribution is 0.356. The molecule has 1 heterocycles. The van der Waals surface area contributed by atoms with E-state index < -0.39 is 0 Å². The second kappa shape index (κ2) is 5.01. The Kier molecular flexibility index (Phi) is 3.57. The van der Waals surface area contributed by atoms with Crippen molar-refractivity contribution in [3.8, 4) is 22.8 Å². The summed E-state index contributed by atoms with van der Waals surface area (Å²) in [6.07, 6.45) is 0. The highest BCUT2D eigenvalue weighted by Gasteiger charge is 2.20. The molecule has 0 radical (unpaired) electrons. The van der Waals surface area contributed by atoms with Crippen molar-refractivity contribution in [1.29, 1.82) is 0 Å². The third-order valence-electron chi connectivity index (χ3n) is 2.97. The van der Waals surface area contributed by atoms with Crippen LogP contribution in [0.5, 0.6) is 11.5 Å². The predicted molar refractivity (Wildman–Crippen MR) is 75.9 cm³/mol. The van der Waals surface area contributed by atoms with Gasteiger partial charge in [0.15, 0.2) is 11.5 Å². The first-order valence-electron chi connectivity index (χ1n) is 5.70. The molecule has 0 aliphatic rings. The van der Waals surface area contributed by atoms with Crippen LogP contribution in [0.2, 0.25) is 5.02 Å². The molecule has 2 aromatic rings. The van der Waals surface area contributed by atoms with Crippen LogP contribution in [-0.4, -0.2) is 24.0 Å². The standard InChI is InChI=1S/C13H16ClN3O2/c1-7-5-8(14)12(18-3)13(19-4)11(7)9-6-10(15)17(2)16-9/h5-6H,15H2,1-4H3. The molecule has 0 aliphatic carbocycles. The molecule has 0 unspecified atom stereocenters. The minimum atomic E-state index is 0.494. The summed E-state index contributed by atoms with van der Waals surface area (Å²) in [5.74, 6) is 1.63. The summed E-state index contributed by atoms with van der Waals surface area (Å²) < 4.78 is 12.3. The van der Waals surface area contributed by atoms with Crippen LogP contribution >= 0.6 is 11.6 Å². The fourth-order valence-corrected chi connectivity index (χ4v) is 2.36. The summed E-state index contributed by atoms with van der Waals surface area (Å²) in [6.45, 7) is 1.94. The zero-order valence-electron chi connectivity index (χ0n) is 11.3. The van der Waals surface area contributed by atoms with E-state index in [9.17, 15) is 0 Å². The lowest BCUT2D eigenvalue weighted by Crippen LogP contribution is -1.98. The van der Waals surface area contributed by atoms with Crippen molar-refractivity contribution < 1.29 is 9.47 Å². The van der Waals surface area contributed by atoms with Crippen molar-refractivity contribution in [2.45, 2.75) is 6.92 Å². The van der Waals surface area contributed by atoms with Gasteiger partial charge in [0.05, 0.1) is 30.5 Å². The van der Waals surface area contributed by atoms with Crippen LogP contribution in [0.4, 0.5) is 5.82 Å². The molecule has 1 aromatic carbocycles. The number of nitrogens with zero attached hydrogens (tertiary/aromatic N) is 2. The Bertz CT molecular complexity index is 603. The second-order valence-corrected chi connectivity index (χ2v) is 4.60. The van der Waals surface area contributed by atoms with Gasteiger partial charge < -0.3 is 15.2 Å². The van der Waals surface area contributed by atoms with Crippen LogP contribution in [0.1, 0.15) is 5.56 Å². The summed E-state index contributed by atoms with van der Waals surface area (Å²) >= 11 is 6.15. The Morgan fingerprint density at radius 3 is 2.32 bits per heavy atom. The van der Waals surface area contributed by atoms with Crippen molar-refractivity contribution in [1.82, 2.24) is 9.78 Å². The van der Waals surface area contributed by atoms with E-state index in [1.54, 1.807) is 32.0 Å². The number of ether oxygens (including phenoxy) is 2. The second-order valence-electron chi connectivity index (χ2n) is 4.19. The molecule has 19 heavy (non-hydrogen) atoms. The van der Waals surface area contributed by atoms with Crippen molar-refractivity contribution in [2.75, 3.05) is 20.0 Å². The highest BCUT2D eigenvalue weighted by atomic mass is 35.5. The molecule has 0 amide bonds. The normalized spacial score (nSPS) is 10.6. The molecule has 2 rings (SSSR count). The molecular formula is C13H16ClN3O2. The fourth-order valence-electron chi connectivity index (χ4n) is 2.04. The highest BCUT2D eigenvalue weighted by Crippen LogP contribution is 2.44. The van der Waals surface area contributed by atoms with Crippen LogP contribution < -0.4 is 15.2 Å². The van der Waals surface area contributed by atoms with E-state index in [2.05, 4.69) is 5.10 Å². The number of nitrogens with two attached hydrogens (primary N) is 1. The topological polar surface area (TPSA) is 62.3 Å². The van der Waals surface area contributed by atoms with Crippen LogP contribution in [0, 0.1) is 6.92 Å². The summed E-state index contributed by atoms with van der Waals surface area (Å²) in [5.41, 5.74) is 8.32. The monoisotopic (exact) mass is 281 g/mol. The van der Waals surface area contributed by atoms with E-state index in [1.807, 2.05) is 13.0 Å². The van der Waals surface area contributed by atoms with Crippen LogP contribution in [0.15, 0.2) is 12.1 Å². The molecule has 1 aromatic heterocycles. The number of aryl methyl sites for hydroxylation is 2. The van der Waals surface area contributed by atoms with E-state index in [0.717, 1.165) is 16.8 Å². The average molecular weight is 282 g/mol. The third-order valence-corrected chi connectivity index (χ3v) is 3.25. The number of benzene rings is 1. The third kappa shape index (κ3) is 2.21. The molecule has 0 bridgehead atoms. The van der Waals surface area contributed by atoms with Gasteiger partial charge in [-0.15, -0.1) is 0 Å². The maximum absolute atomic E-state index is 6.15.